The summed E-state index contributed by atoms with van der Waals surface area (Å²) in [6.45, 7) is 2.12. The minimum absolute atomic E-state index is 0.829. The van der Waals surface area contributed by atoms with Gasteiger partial charge >= 0.3 is 0 Å². The minimum Gasteiger partial charge on any atom is -0.495 e. The zero-order chi connectivity index (χ0) is 10.1. The van der Waals surface area contributed by atoms with Gasteiger partial charge in [-0.2, -0.15) is 0 Å². The lowest BCUT2D eigenvalue weighted by Gasteiger charge is -2.08. The van der Waals surface area contributed by atoms with Gasteiger partial charge in [0.2, 0.25) is 0 Å². The van der Waals surface area contributed by atoms with Gasteiger partial charge in [-0.25, -0.2) is 0 Å². The van der Waals surface area contributed by atoms with Crippen LogP contribution in [0.15, 0.2) is 17.5 Å². The van der Waals surface area contributed by atoms with Crippen molar-refractivity contribution in [3.8, 4) is 5.75 Å². The highest BCUT2D eigenvalue weighted by molar-refractivity contribution is 7.17. The van der Waals surface area contributed by atoms with E-state index in [4.69, 9.17) is 10.5 Å². The summed E-state index contributed by atoms with van der Waals surface area (Å²) in [4.78, 5) is 0. The van der Waals surface area contributed by atoms with Crippen LogP contribution in [0.3, 0.4) is 0 Å². The van der Waals surface area contributed by atoms with Crippen molar-refractivity contribution in [2.45, 2.75) is 13.3 Å². The number of nitrogens with two attached hydrogens (primary N) is 1. The van der Waals surface area contributed by atoms with Gasteiger partial charge in [-0.3, -0.25) is 0 Å². The first-order valence-electron chi connectivity index (χ1n) is 4.60. The number of nitrogen functional groups attached to an aromatic ring is 1. The van der Waals surface area contributed by atoms with Crippen LogP contribution in [-0.2, 0) is 6.42 Å². The molecule has 2 rings (SSSR count). The van der Waals surface area contributed by atoms with Crippen LogP contribution in [0.2, 0.25) is 0 Å². The van der Waals surface area contributed by atoms with E-state index < -0.39 is 0 Å². The van der Waals surface area contributed by atoms with Gasteiger partial charge in [-0.15, -0.1) is 11.3 Å². The molecule has 2 nitrogen and oxygen atoms in total. The fraction of sp³-hybridized carbons (Fsp3) is 0.273. The molecule has 1 aromatic carbocycles. The largest absolute Gasteiger partial charge is 0.495 e. The third-order valence-corrected chi connectivity index (χ3v) is 3.35. The number of hydrogen-bond acceptors (Lipinski definition) is 3. The highest BCUT2D eigenvalue weighted by Gasteiger charge is 2.10. The maximum Gasteiger partial charge on any atom is 0.138 e. The van der Waals surface area contributed by atoms with E-state index in [1.165, 1.54) is 15.6 Å². The molecule has 0 unspecified atom stereocenters. The number of fused-ring (bicyclic) bond motifs is 1. The van der Waals surface area contributed by atoms with E-state index >= 15 is 0 Å². The maximum absolute atomic E-state index is 5.96. The molecule has 0 aliphatic rings. The van der Waals surface area contributed by atoms with Crippen molar-refractivity contribution in [1.29, 1.82) is 0 Å². The average Bonchev–Trinajstić information content (AvgIpc) is 2.65. The van der Waals surface area contributed by atoms with Gasteiger partial charge in [0.25, 0.3) is 0 Å². The zero-order valence-electron chi connectivity index (χ0n) is 8.33. The molecule has 0 saturated heterocycles. The number of rotatable bonds is 2. The summed E-state index contributed by atoms with van der Waals surface area (Å²) < 4.78 is 6.49. The smallest absolute Gasteiger partial charge is 0.138 e. The number of thiophene rings is 1. The molecule has 2 N–H and O–H groups in total. The van der Waals surface area contributed by atoms with Crippen LogP contribution in [0.25, 0.3) is 10.1 Å². The molecule has 14 heavy (non-hydrogen) atoms. The highest BCUT2D eigenvalue weighted by atomic mass is 32.1. The normalized spacial score (nSPS) is 10.7. The second-order valence-electron chi connectivity index (χ2n) is 3.16. The van der Waals surface area contributed by atoms with Crippen molar-refractivity contribution < 1.29 is 4.74 Å². The standard InChI is InChI=1S/C11H13NOS/c1-3-7-8-4-5-14-11(8)10(13-2)6-9(7)12/h4-6H,3,12H2,1-2H3. The first kappa shape index (κ1) is 9.34. The van der Waals surface area contributed by atoms with E-state index in [1.807, 2.05) is 6.07 Å². The molecule has 1 aromatic heterocycles. The van der Waals surface area contributed by atoms with E-state index in [1.54, 1.807) is 18.4 Å². The van der Waals surface area contributed by atoms with Crippen molar-refractivity contribution >= 4 is 27.1 Å². The monoisotopic (exact) mass is 207 g/mol. The molecular weight excluding hydrogens is 194 g/mol. The van der Waals surface area contributed by atoms with Gasteiger partial charge in [0.1, 0.15) is 5.75 Å². The summed E-state index contributed by atoms with van der Waals surface area (Å²) in [5.41, 5.74) is 8.01. The molecule has 0 aliphatic carbocycles. The second-order valence-corrected chi connectivity index (χ2v) is 4.08. The summed E-state index contributed by atoms with van der Waals surface area (Å²) in [5, 5.41) is 3.31. The topological polar surface area (TPSA) is 35.2 Å². The first-order valence-corrected chi connectivity index (χ1v) is 5.48. The van der Waals surface area contributed by atoms with Crippen LogP contribution in [-0.4, -0.2) is 7.11 Å². The summed E-state index contributed by atoms with van der Waals surface area (Å²) in [6.07, 6.45) is 0.961. The molecule has 0 fully saturated rings. The van der Waals surface area contributed by atoms with Crippen LogP contribution in [0.5, 0.6) is 5.75 Å². The van der Waals surface area contributed by atoms with Crippen molar-refractivity contribution in [3.63, 3.8) is 0 Å². The van der Waals surface area contributed by atoms with Crippen molar-refractivity contribution in [2.24, 2.45) is 0 Å². The Bertz CT molecular complexity index is 462. The Kier molecular flexibility index (Phi) is 2.33. The van der Waals surface area contributed by atoms with Gasteiger partial charge in [0, 0.05) is 17.1 Å². The van der Waals surface area contributed by atoms with Gasteiger partial charge < -0.3 is 10.5 Å². The summed E-state index contributed by atoms with van der Waals surface area (Å²) in [5.74, 6) is 0.879. The highest BCUT2D eigenvalue weighted by Crippen LogP contribution is 2.36. The first-order chi connectivity index (χ1) is 6.77. The lowest BCUT2D eigenvalue weighted by atomic mass is 10.1. The predicted molar refractivity (Wildman–Crippen MR) is 62.2 cm³/mol. The molecule has 0 aliphatic heterocycles. The van der Waals surface area contributed by atoms with E-state index in [9.17, 15) is 0 Å². The van der Waals surface area contributed by atoms with Gasteiger partial charge in [-0.1, -0.05) is 6.92 Å². The number of methoxy groups -OCH3 is 1. The molecule has 1 heterocycles. The van der Waals surface area contributed by atoms with E-state index in [0.717, 1.165) is 17.9 Å². The van der Waals surface area contributed by atoms with E-state index in [-0.39, 0.29) is 0 Å². The fourth-order valence-corrected chi connectivity index (χ4v) is 2.65. The van der Waals surface area contributed by atoms with Crippen molar-refractivity contribution in [3.05, 3.63) is 23.1 Å². The van der Waals surface area contributed by atoms with Crippen LogP contribution < -0.4 is 10.5 Å². The quantitative estimate of drug-likeness (QED) is 0.768. The summed E-state index contributed by atoms with van der Waals surface area (Å²) >= 11 is 1.70. The van der Waals surface area contributed by atoms with Crippen molar-refractivity contribution in [2.75, 3.05) is 12.8 Å². The van der Waals surface area contributed by atoms with Gasteiger partial charge in [0.05, 0.1) is 11.8 Å². The Labute approximate surface area is 87.3 Å². The third kappa shape index (κ3) is 1.24. The van der Waals surface area contributed by atoms with E-state index in [0.29, 0.717) is 0 Å². The molecule has 0 spiro atoms. The summed E-state index contributed by atoms with van der Waals surface area (Å²) in [6, 6.07) is 4.02. The predicted octanol–water partition coefficient (Wildman–Crippen LogP) is 3.05. The zero-order valence-corrected chi connectivity index (χ0v) is 9.15. The average molecular weight is 207 g/mol. The Hall–Kier alpha value is -1.22. The molecule has 74 valence electrons. The number of benzene rings is 1. The number of aryl methyl sites for hydroxylation is 1. The molecule has 0 amide bonds. The Balaban J connectivity index is 2.81. The Morgan fingerprint density at radius 1 is 1.50 bits per heavy atom. The molecule has 0 saturated carbocycles. The lowest BCUT2D eigenvalue weighted by molar-refractivity contribution is 0.420. The number of ether oxygens (including phenoxy) is 1. The minimum atomic E-state index is 0.829. The lowest BCUT2D eigenvalue weighted by Crippen LogP contribution is -1.95. The van der Waals surface area contributed by atoms with E-state index in [2.05, 4.69) is 18.4 Å². The van der Waals surface area contributed by atoms with Gasteiger partial charge in [-0.05, 0) is 23.4 Å². The van der Waals surface area contributed by atoms with Gasteiger partial charge in [0.15, 0.2) is 0 Å². The molecule has 0 radical (unpaired) electrons. The number of hydrogen-bond donors (Lipinski definition) is 1. The maximum atomic E-state index is 5.96. The molecule has 0 bridgehead atoms. The van der Waals surface area contributed by atoms with Crippen molar-refractivity contribution in [1.82, 2.24) is 0 Å². The van der Waals surface area contributed by atoms with Crippen LogP contribution >= 0.6 is 11.3 Å². The Morgan fingerprint density at radius 2 is 2.29 bits per heavy atom. The third-order valence-electron chi connectivity index (χ3n) is 2.42. The molecule has 2 aromatic rings. The molecule has 3 heteroatoms. The second kappa shape index (κ2) is 3.50. The molecule has 0 atom stereocenters. The SMILES string of the molecule is CCc1c(N)cc(OC)c2sccc12. The van der Waals surface area contributed by atoms with Crippen LogP contribution in [0, 0.1) is 0 Å². The van der Waals surface area contributed by atoms with Crippen LogP contribution in [0.4, 0.5) is 5.69 Å². The number of anilines is 1. The Morgan fingerprint density at radius 3 is 2.93 bits per heavy atom. The van der Waals surface area contributed by atoms with Crippen LogP contribution in [0.1, 0.15) is 12.5 Å². The summed E-state index contributed by atoms with van der Waals surface area (Å²) in [7, 11) is 1.68. The fourth-order valence-electron chi connectivity index (χ4n) is 1.73. The molecular formula is C11H13NOS.